The highest BCUT2D eigenvalue weighted by Gasteiger charge is 2.55. The molecule has 4 aliphatic rings. The van der Waals surface area contributed by atoms with E-state index in [1.807, 2.05) is 12.2 Å². The zero-order valence-electron chi connectivity index (χ0n) is 24.7. The van der Waals surface area contributed by atoms with Gasteiger partial charge in [0.1, 0.15) is 5.75 Å². The Labute approximate surface area is 254 Å². The average Bonchev–Trinajstić information content (AvgIpc) is 3.26. The highest BCUT2D eigenvalue weighted by molar-refractivity contribution is 6.23. The molecule has 9 heteroatoms. The van der Waals surface area contributed by atoms with Crippen LogP contribution in [-0.4, -0.2) is 59.3 Å². The first-order chi connectivity index (χ1) is 21.1. The number of ether oxygens (including phenoxy) is 2. The van der Waals surface area contributed by atoms with Gasteiger partial charge in [0.25, 0.3) is 0 Å². The number of carbonyl (C=O) groups is 4. The standard InChI is InChI=1S/C35H33NO8/c1-18-14-27(38)30-23(9-6-20-15-28(43-2)33(40)29(16-20)44-3)22-10-11-24-31(25(22)17-26(30)32(18)39)35(42)36(34(24)41)13-12-19-4-7-21(37)8-5-19/h4-10,14-16,23-25,31,37,40H,11-13,17H2,1-3H3/t23-,24-,25+,31-/m0/s1. The fraction of sp³-hybridized carbons (Fsp3) is 0.314. The van der Waals surface area contributed by atoms with E-state index in [9.17, 15) is 29.4 Å². The number of benzene rings is 2. The van der Waals surface area contributed by atoms with Crippen LogP contribution < -0.4 is 9.47 Å². The lowest BCUT2D eigenvalue weighted by atomic mass is 9.60. The number of Topliss-reactive ketones (excluding diaryl/α,β-unsaturated/α-hetero) is 1. The number of likely N-dealkylation sites (tertiary alicyclic amines) is 1. The summed E-state index contributed by atoms with van der Waals surface area (Å²) in [5.41, 5.74) is 3.55. The summed E-state index contributed by atoms with van der Waals surface area (Å²) in [6.45, 7) is 1.84. The first kappa shape index (κ1) is 29.2. The van der Waals surface area contributed by atoms with Crippen LogP contribution in [0.25, 0.3) is 6.08 Å². The number of phenolic OH excluding ortho intramolecular Hbond substituents is 2. The molecule has 2 aromatic carbocycles. The van der Waals surface area contributed by atoms with Crippen molar-refractivity contribution < 1.29 is 38.9 Å². The first-order valence-corrected chi connectivity index (χ1v) is 14.6. The maximum Gasteiger partial charge on any atom is 0.233 e. The Kier molecular flexibility index (Phi) is 7.49. The number of hydrogen-bond donors (Lipinski definition) is 2. The number of hydrogen-bond acceptors (Lipinski definition) is 8. The van der Waals surface area contributed by atoms with Gasteiger partial charge in [-0.2, -0.15) is 0 Å². The summed E-state index contributed by atoms with van der Waals surface area (Å²) in [5.74, 6) is -2.63. The Morgan fingerprint density at radius 3 is 2.30 bits per heavy atom. The first-order valence-electron chi connectivity index (χ1n) is 14.6. The molecule has 3 aliphatic carbocycles. The molecule has 0 aromatic heterocycles. The number of ketones is 2. The lowest BCUT2D eigenvalue weighted by Gasteiger charge is -2.41. The third kappa shape index (κ3) is 4.82. The van der Waals surface area contributed by atoms with Gasteiger partial charge in [0.15, 0.2) is 23.1 Å². The summed E-state index contributed by atoms with van der Waals surface area (Å²) in [4.78, 5) is 55.6. The van der Waals surface area contributed by atoms with E-state index < -0.39 is 23.7 Å². The minimum Gasteiger partial charge on any atom is -0.508 e. The molecule has 44 heavy (non-hydrogen) atoms. The van der Waals surface area contributed by atoms with Crippen molar-refractivity contribution in [1.82, 2.24) is 4.90 Å². The van der Waals surface area contributed by atoms with Crippen molar-refractivity contribution in [3.63, 3.8) is 0 Å². The normalized spacial score (nSPS) is 24.7. The average molecular weight is 596 g/mol. The molecule has 0 spiro atoms. The van der Waals surface area contributed by atoms with Gasteiger partial charge in [0.2, 0.25) is 17.6 Å². The fourth-order valence-electron chi connectivity index (χ4n) is 7.07. The minimum absolute atomic E-state index is 0.135. The van der Waals surface area contributed by atoms with Gasteiger partial charge >= 0.3 is 0 Å². The lowest BCUT2D eigenvalue weighted by molar-refractivity contribution is -0.140. The fourth-order valence-corrected chi connectivity index (χ4v) is 7.07. The highest BCUT2D eigenvalue weighted by Crippen LogP contribution is 2.52. The number of amides is 2. The number of imide groups is 1. The molecule has 0 bridgehead atoms. The van der Waals surface area contributed by atoms with Crippen molar-refractivity contribution in [1.29, 1.82) is 0 Å². The Bertz CT molecular complexity index is 1690. The van der Waals surface area contributed by atoms with Crippen LogP contribution in [0.1, 0.15) is 30.9 Å². The van der Waals surface area contributed by atoms with Gasteiger partial charge in [-0.1, -0.05) is 35.9 Å². The second-order valence-corrected chi connectivity index (χ2v) is 11.7. The van der Waals surface area contributed by atoms with Gasteiger partial charge in [-0.25, -0.2) is 0 Å². The molecule has 2 N–H and O–H groups in total. The van der Waals surface area contributed by atoms with Gasteiger partial charge in [-0.15, -0.1) is 0 Å². The molecule has 4 atom stereocenters. The number of aromatic hydroxyl groups is 2. The van der Waals surface area contributed by atoms with E-state index in [4.69, 9.17) is 9.47 Å². The van der Waals surface area contributed by atoms with Gasteiger partial charge in [-0.3, -0.25) is 24.1 Å². The zero-order valence-corrected chi connectivity index (χ0v) is 24.7. The predicted octanol–water partition coefficient (Wildman–Crippen LogP) is 4.33. The maximum atomic E-state index is 13.9. The van der Waals surface area contributed by atoms with E-state index in [-0.39, 0.29) is 59.3 Å². The lowest BCUT2D eigenvalue weighted by Crippen LogP contribution is -2.40. The monoisotopic (exact) mass is 595 g/mol. The number of carbonyl (C=O) groups excluding carboxylic acids is 4. The zero-order chi connectivity index (χ0) is 31.3. The van der Waals surface area contributed by atoms with Crippen LogP contribution in [0.5, 0.6) is 23.0 Å². The number of fused-ring (bicyclic) bond motifs is 3. The van der Waals surface area contributed by atoms with Crippen molar-refractivity contribution in [3.05, 3.63) is 88.0 Å². The van der Waals surface area contributed by atoms with Gasteiger partial charge < -0.3 is 19.7 Å². The topological polar surface area (TPSA) is 130 Å². The number of phenols is 2. The number of methoxy groups -OCH3 is 2. The van der Waals surface area contributed by atoms with Crippen molar-refractivity contribution in [2.24, 2.45) is 23.7 Å². The second kappa shape index (κ2) is 11.3. The van der Waals surface area contributed by atoms with Crippen molar-refractivity contribution >= 4 is 29.5 Å². The third-order valence-corrected chi connectivity index (χ3v) is 9.25. The largest absolute Gasteiger partial charge is 0.508 e. The summed E-state index contributed by atoms with van der Waals surface area (Å²) in [6.07, 6.45) is 8.00. The van der Waals surface area contributed by atoms with Crippen molar-refractivity contribution in [3.8, 4) is 23.0 Å². The number of nitrogens with zero attached hydrogens (tertiary/aromatic N) is 1. The van der Waals surface area contributed by atoms with Crippen LogP contribution in [0.15, 0.2) is 76.9 Å². The van der Waals surface area contributed by atoms with Crippen molar-refractivity contribution in [2.75, 3.05) is 20.8 Å². The van der Waals surface area contributed by atoms with Crippen LogP contribution in [0.3, 0.4) is 0 Å². The number of rotatable bonds is 7. The SMILES string of the molecule is COc1cc(C=C[C@H]2C3=CC[C@@H]4C(=O)N(CCc5ccc(O)cc5)C(=O)[C@@H]4[C@@H]3CC3=C2C(=O)C=C(C)C3=O)cc(OC)c1O. The van der Waals surface area contributed by atoms with Crippen LogP contribution in [0, 0.1) is 23.7 Å². The molecule has 1 heterocycles. The molecule has 6 rings (SSSR count). The molecule has 226 valence electrons. The van der Waals surface area contributed by atoms with Crippen molar-refractivity contribution in [2.45, 2.75) is 26.2 Å². The van der Waals surface area contributed by atoms with E-state index >= 15 is 0 Å². The van der Waals surface area contributed by atoms with E-state index in [0.717, 1.165) is 11.1 Å². The molecular weight excluding hydrogens is 562 g/mol. The second-order valence-electron chi connectivity index (χ2n) is 11.7. The summed E-state index contributed by atoms with van der Waals surface area (Å²) < 4.78 is 10.6. The summed E-state index contributed by atoms with van der Waals surface area (Å²) in [5, 5.41) is 19.9. The summed E-state index contributed by atoms with van der Waals surface area (Å²) in [6, 6.07) is 9.95. The molecule has 2 aromatic rings. The Hall–Kier alpha value is -4.92. The number of allylic oxidation sites excluding steroid dienone is 7. The van der Waals surface area contributed by atoms with Gasteiger partial charge in [-0.05, 0) is 73.6 Å². The van der Waals surface area contributed by atoms with Crippen LogP contribution in [0.2, 0.25) is 0 Å². The van der Waals surface area contributed by atoms with Crippen LogP contribution in [-0.2, 0) is 25.6 Å². The van der Waals surface area contributed by atoms with E-state index in [1.165, 1.54) is 25.2 Å². The van der Waals surface area contributed by atoms with E-state index in [0.29, 0.717) is 35.1 Å². The predicted molar refractivity (Wildman–Crippen MR) is 161 cm³/mol. The Morgan fingerprint density at radius 2 is 1.64 bits per heavy atom. The minimum atomic E-state index is -0.629. The highest BCUT2D eigenvalue weighted by atomic mass is 16.5. The molecule has 1 aliphatic heterocycles. The molecule has 1 fully saturated rings. The smallest absolute Gasteiger partial charge is 0.233 e. The molecule has 0 unspecified atom stereocenters. The molecular formula is C35H33NO8. The van der Waals surface area contributed by atoms with E-state index in [2.05, 4.69) is 0 Å². The van der Waals surface area contributed by atoms with Crippen LogP contribution in [0.4, 0.5) is 0 Å². The van der Waals surface area contributed by atoms with Gasteiger partial charge in [0, 0.05) is 29.2 Å². The quantitative estimate of drug-likeness (QED) is 0.275. The Morgan fingerprint density at radius 1 is 0.955 bits per heavy atom. The molecule has 2 amide bonds. The molecule has 9 nitrogen and oxygen atoms in total. The summed E-state index contributed by atoms with van der Waals surface area (Å²) in [7, 11) is 2.87. The molecule has 0 radical (unpaired) electrons. The molecule has 1 saturated heterocycles. The van der Waals surface area contributed by atoms with E-state index in [1.54, 1.807) is 49.4 Å². The maximum absolute atomic E-state index is 13.9. The summed E-state index contributed by atoms with van der Waals surface area (Å²) >= 11 is 0. The van der Waals surface area contributed by atoms with Gasteiger partial charge in [0.05, 0.1) is 26.1 Å². The Balaban J connectivity index is 1.35. The third-order valence-electron chi connectivity index (χ3n) is 9.25. The molecule has 0 saturated carbocycles. The van der Waals surface area contributed by atoms with Crippen LogP contribution >= 0.6 is 0 Å².